The lowest BCUT2D eigenvalue weighted by Gasteiger charge is -2.04. The van der Waals surface area contributed by atoms with Gasteiger partial charge in [0.1, 0.15) is 5.82 Å². The highest BCUT2D eigenvalue weighted by molar-refractivity contribution is 14.1. The molecule has 0 aliphatic carbocycles. The quantitative estimate of drug-likeness (QED) is 0.629. The van der Waals surface area contributed by atoms with Gasteiger partial charge in [-0.25, -0.2) is 4.39 Å². The second-order valence-electron chi connectivity index (χ2n) is 3.04. The van der Waals surface area contributed by atoms with Crippen LogP contribution >= 0.6 is 22.6 Å². The molecule has 2 nitrogen and oxygen atoms in total. The lowest BCUT2D eigenvalue weighted by Crippen LogP contribution is -2.05. The van der Waals surface area contributed by atoms with Crippen LogP contribution in [0.4, 0.5) is 4.39 Å². The molecule has 0 spiro atoms. The summed E-state index contributed by atoms with van der Waals surface area (Å²) in [4.78, 5) is 11.1. The van der Waals surface area contributed by atoms with Crippen molar-refractivity contribution in [2.75, 3.05) is 6.61 Å². The van der Waals surface area contributed by atoms with Crippen molar-refractivity contribution in [1.29, 1.82) is 0 Å². The molecular weight excluding hydrogens is 310 g/mol. The van der Waals surface area contributed by atoms with E-state index in [-0.39, 0.29) is 11.8 Å². The van der Waals surface area contributed by atoms with Crippen molar-refractivity contribution in [1.82, 2.24) is 0 Å². The smallest absolute Gasteiger partial charge is 0.306 e. The molecule has 0 saturated heterocycles. The molecule has 0 aromatic heterocycles. The highest BCUT2D eigenvalue weighted by Gasteiger charge is 2.05. The van der Waals surface area contributed by atoms with Crippen molar-refractivity contribution in [2.45, 2.75) is 19.8 Å². The van der Waals surface area contributed by atoms with Gasteiger partial charge < -0.3 is 4.74 Å². The zero-order chi connectivity index (χ0) is 11.3. The molecule has 1 aromatic rings. The summed E-state index contributed by atoms with van der Waals surface area (Å²) in [5.41, 5.74) is 0.977. The Morgan fingerprint density at radius 2 is 2.27 bits per heavy atom. The van der Waals surface area contributed by atoms with Crippen LogP contribution in [0.15, 0.2) is 18.2 Å². The summed E-state index contributed by atoms with van der Waals surface area (Å²) in [6.07, 6.45) is 0.937. The van der Waals surface area contributed by atoms with Crippen LogP contribution in [0.1, 0.15) is 18.9 Å². The molecule has 0 fully saturated rings. The molecule has 0 heterocycles. The summed E-state index contributed by atoms with van der Waals surface area (Å²) >= 11 is 2.06. The van der Waals surface area contributed by atoms with Gasteiger partial charge in [0.15, 0.2) is 0 Å². The number of benzene rings is 1. The number of carbonyl (C=O) groups excluding carboxylic acids is 1. The largest absolute Gasteiger partial charge is 0.466 e. The average molecular weight is 322 g/mol. The summed E-state index contributed by atoms with van der Waals surface area (Å²) in [7, 11) is 0. The van der Waals surface area contributed by atoms with Crippen LogP contribution in [-0.2, 0) is 16.0 Å². The Bertz CT molecular complexity index is 352. The normalized spacial score (nSPS) is 10.1. The van der Waals surface area contributed by atoms with Gasteiger partial charge in [-0.2, -0.15) is 0 Å². The third kappa shape index (κ3) is 4.15. The lowest BCUT2D eigenvalue weighted by molar-refractivity contribution is -0.143. The van der Waals surface area contributed by atoms with Crippen LogP contribution in [0.2, 0.25) is 0 Å². The minimum atomic E-state index is -0.251. The monoisotopic (exact) mass is 322 g/mol. The minimum Gasteiger partial charge on any atom is -0.466 e. The number of hydrogen-bond acceptors (Lipinski definition) is 2. The van der Waals surface area contributed by atoms with Crippen LogP contribution in [-0.4, -0.2) is 12.6 Å². The molecule has 0 saturated carbocycles. The number of rotatable bonds is 4. The van der Waals surface area contributed by atoms with Gasteiger partial charge in [0.05, 0.1) is 6.61 Å². The molecule has 82 valence electrons. The van der Waals surface area contributed by atoms with Gasteiger partial charge >= 0.3 is 5.97 Å². The van der Waals surface area contributed by atoms with Crippen LogP contribution in [0.5, 0.6) is 0 Å². The Labute approximate surface area is 102 Å². The average Bonchev–Trinajstić information content (AvgIpc) is 2.17. The van der Waals surface area contributed by atoms with E-state index in [1.54, 1.807) is 13.0 Å². The van der Waals surface area contributed by atoms with E-state index in [0.717, 1.165) is 9.13 Å². The van der Waals surface area contributed by atoms with E-state index >= 15 is 0 Å². The third-order valence-electron chi connectivity index (χ3n) is 1.92. The second kappa shape index (κ2) is 6.05. The van der Waals surface area contributed by atoms with Gasteiger partial charge in [-0.05, 0) is 53.6 Å². The van der Waals surface area contributed by atoms with E-state index in [1.165, 1.54) is 12.1 Å². The summed E-state index contributed by atoms with van der Waals surface area (Å²) < 4.78 is 18.4. The molecule has 1 rings (SSSR count). The van der Waals surface area contributed by atoms with E-state index in [4.69, 9.17) is 4.74 Å². The van der Waals surface area contributed by atoms with E-state index in [1.807, 2.05) is 0 Å². The van der Waals surface area contributed by atoms with Crippen molar-refractivity contribution < 1.29 is 13.9 Å². The first-order valence-corrected chi connectivity index (χ1v) is 5.81. The molecule has 15 heavy (non-hydrogen) atoms. The molecule has 0 radical (unpaired) electrons. The highest BCUT2D eigenvalue weighted by Crippen LogP contribution is 2.15. The number of carbonyl (C=O) groups is 1. The van der Waals surface area contributed by atoms with E-state index in [0.29, 0.717) is 19.4 Å². The zero-order valence-electron chi connectivity index (χ0n) is 8.43. The third-order valence-corrected chi connectivity index (χ3v) is 2.92. The summed E-state index contributed by atoms with van der Waals surface area (Å²) in [5, 5.41) is 0. The molecule has 0 aliphatic rings. The molecule has 0 unspecified atom stereocenters. The SMILES string of the molecule is CCOC(=O)CCc1ccc(F)cc1I. The molecule has 0 bridgehead atoms. The molecular formula is C11H12FIO2. The Morgan fingerprint density at radius 1 is 1.53 bits per heavy atom. The fourth-order valence-corrected chi connectivity index (χ4v) is 1.94. The summed E-state index contributed by atoms with van der Waals surface area (Å²) in [6, 6.07) is 4.57. The van der Waals surface area contributed by atoms with Crippen molar-refractivity contribution >= 4 is 28.6 Å². The van der Waals surface area contributed by atoms with Crippen LogP contribution < -0.4 is 0 Å². The van der Waals surface area contributed by atoms with E-state index < -0.39 is 0 Å². The fourth-order valence-electron chi connectivity index (χ4n) is 1.19. The molecule has 1 aromatic carbocycles. The van der Waals surface area contributed by atoms with Crippen molar-refractivity contribution in [3.8, 4) is 0 Å². The van der Waals surface area contributed by atoms with Gasteiger partial charge in [0.2, 0.25) is 0 Å². The van der Waals surface area contributed by atoms with Gasteiger partial charge in [-0.1, -0.05) is 6.07 Å². The minimum absolute atomic E-state index is 0.211. The highest BCUT2D eigenvalue weighted by atomic mass is 127. The number of halogens is 2. The molecule has 0 atom stereocenters. The number of aryl methyl sites for hydroxylation is 1. The topological polar surface area (TPSA) is 26.3 Å². The lowest BCUT2D eigenvalue weighted by atomic mass is 10.1. The van der Waals surface area contributed by atoms with Crippen molar-refractivity contribution in [2.24, 2.45) is 0 Å². The van der Waals surface area contributed by atoms with Crippen LogP contribution in [0.3, 0.4) is 0 Å². The maximum absolute atomic E-state index is 12.8. The van der Waals surface area contributed by atoms with E-state index in [2.05, 4.69) is 22.6 Å². The van der Waals surface area contributed by atoms with Gasteiger partial charge in [-0.15, -0.1) is 0 Å². The van der Waals surface area contributed by atoms with Crippen LogP contribution in [0.25, 0.3) is 0 Å². The Kier molecular flexibility index (Phi) is 5.01. The van der Waals surface area contributed by atoms with Crippen molar-refractivity contribution in [3.05, 3.63) is 33.1 Å². The fraction of sp³-hybridized carbons (Fsp3) is 0.364. The van der Waals surface area contributed by atoms with Crippen molar-refractivity contribution in [3.63, 3.8) is 0 Å². The predicted octanol–water partition coefficient (Wildman–Crippen LogP) is 2.93. The zero-order valence-corrected chi connectivity index (χ0v) is 10.6. The second-order valence-corrected chi connectivity index (χ2v) is 4.20. The molecule has 4 heteroatoms. The first-order valence-electron chi connectivity index (χ1n) is 4.73. The Morgan fingerprint density at radius 3 is 2.87 bits per heavy atom. The molecule has 0 N–H and O–H groups in total. The molecule has 0 aliphatic heterocycles. The summed E-state index contributed by atoms with van der Waals surface area (Å²) in [6.45, 7) is 2.18. The van der Waals surface area contributed by atoms with Crippen LogP contribution in [0, 0.1) is 9.39 Å². The van der Waals surface area contributed by atoms with E-state index in [9.17, 15) is 9.18 Å². The maximum Gasteiger partial charge on any atom is 0.306 e. The number of esters is 1. The van der Waals surface area contributed by atoms with Gasteiger partial charge in [0.25, 0.3) is 0 Å². The first kappa shape index (κ1) is 12.4. The first-order chi connectivity index (χ1) is 7.13. The summed E-state index contributed by atoms with van der Waals surface area (Å²) in [5.74, 6) is -0.461. The Balaban J connectivity index is 2.54. The Hall–Kier alpha value is -0.650. The van der Waals surface area contributed by atoms with Gasteiger partial charge in [0, 0.05) is 9.99 Å². The maximum atomic E-state index is 12.8. The standard InChI is InChI=1S/C11H12FIO2/c1-2-15-11(14)6-4-8-3-5-9(12)7-10(8)13/h3,5,7H,2,4,6H2,1H3. The predicted molar refractivity (Wildman–Crippen MR) is 64.1 cm³/mol. The number of hydrogen-bond donors (Lipinski definition) is 0. The molecule has 0 amide bonds. The van der Waals surface area contributed by atoms with Gasteiger partial charge in [-0.3, -0.25) is 4.79 Å². The number of ether oxygens (including phenoxy) is 1.